The Morgan fingerprint density at radius 2 is 1.39 bits per heavy atom. The first-order valence-electron chi connectivity index (χ1n) is 10.3. The highest BCUT2D eigenvalue weighted by Crippen LogP contribution is 2.37. The van der Waals surface area contributed by atoms with Crippen molar-refractivity contribution in [2.75, 3.05) is 13.2 Å². The normalized spacial score (nSPS) is 13.6. The standard InChI is InChI=1S/C24H22N2O7/c1-3-32-23(28)19-14-25(22(27)17-10-12-18(13-11-17)26(30)31)15-20(24(29)33-4-2)21(19)16-8-6-5-7-9-16/h5-15,21H,3-4H2,1-2H3. The Morgan fingerprint density at radius 1 is 0.879 bits per heavy atom. The molecule has 0 radical (unpaired) electrons. The van der Waals surface area contributed by atoms with Crippen molar-refractivity contribution in [3.63, 3.8) is 0 Å². The van der Waals surface area contributed by atoms with Gasteiger partial charge in [-0.25, -0.2) is 9.59 Å². The quantitative estimate of drug-likeness (QED) is 0.358. The highest BCUT2D eigenvalue weighted by atomic mass is 16.6. The molecular formula is C24H22N2O7. The zero-order valence-corrected chi connectivity index (χ0v) is 18.1. The van der Waals surface area contributed by atoms with E-state index in [0.717, 1.165) is 4.90 Å². The number of ether oxygens (including phenoxy) is 2. The average Bonchev–Trinajstić information content (AvgIpc) is 2.83. The number of nitro benzene ring substituents is 1. The van der Waals surface area contributed by atoms with Crippen LogP contribution >= 0.6 is 0 Å². The van der Waals surface area contributed by atoms with Crippen molar-refractivity contribution < 1.29 is 28.8 Å². The Kier molecular flexibility index (Phi) is 7.34. The zero-order chi connectivity index (χ0) is 24.0. The number of hydrogen-bond donors (Lipinski definition) is 0. The molecule has 0 aromatic heterocycles. The van der Waals surface area contributed by atoms with Crippen molar-refractivity contribution in [1.82, 2.24) is 4.90 Å². The van der Waals surface area contributed by atoms with Gasteiger partial charge in [0, 0.05) is 30.1 Å². The van der Waals surface area contributed by atoms with E-state index in [9.17, 15) is 24.5 Å². The van der Waals surface area contributed by atoms with Gasteiger partial charge in [0.15, 0.2) is 0 Å². The Labute approximate surface area is 190 Å². The summed E-state index contributed by atoms with van der Waals surface area (Å²) in [5.74, 6) is -2.74. The number of rotatable bonds is 7. The molecule has 170 valence electrons. The summed E-state index contributed by atoms with van der Waals surface area (Å²) in [6.45, 7) is 3.51. The molecule has 1 aliphatic heterocycles. The van der Waals surface area contributed by atoms with Crippen LogP contribution in [0.25, 0.3) is 0 Å². The molecule has 9 nitrogen and oxygen atoms in total. The van der Waals surface area contributed by atoms with Gasteiger partial charge in [0.25, 0.3) is 11.6 Å². The minimum Gasteiger partial charge on any atom is -0.463 e. The number of non-ortho nitro benzene ring substituents is 1. The van der Waals surface area contributed by atoms with Crippen LogP contribution in [0, 0.1) is 10.1 Å². The number of nitro groups is 1. The molecule has 3 rings (SSSR count). The van der Waals surface area contributed by atoms with E-state index in [0.29, 0.717) is 5.56 Å². The maximum absolute atomic E-state index is 13.1. The van der Waals surface area contributed by atoms with Crippen molar-refractivity contribution in [1.29, 1.82) is 0 Å². The summed E-state index contributed by atoms with van der Waals surface area (Å²) < 4.78 is 10.4. The lowest BCUT2D eigenvalue weighted by atomic mass is 9.83. The lowest BCUT2D eigenvalue weighted by molar-refractivity contribution is -0.384. The van der Waals surface area contributed by atoms with E-state index in [4.69, 9.17) is 9.47 Å². The number of carbonyl (C=O) groups is 3. The molecule has 33 heavy (non-hydrogen) atoms. The molecule has 0 fully saturated rings. The minimum absolute atomic E-state index is 0.0869. The number of carbonyl (C=O) groups excluding carboxylic acids is 3. The van der Waals surface area contributed by atoms with Crippen LogP contribution in [0.1, 0.15) is 35.7 Å². The Morgan fingerprint density at radius 3 is 1.85 bits per heavy atom. The topological polar surface area (TPSA) is 116 Å². The maximum Gasteiger partial charge on any atom is 0.336 e. The summed E-state index contributed by atoms with van der Waals surface area (Å²) in [6, 6.07) is 13.9. The molecule has 0 spiro atoms. The molecule has 2 aromatic rings. The van der Waals surface area contributed by atoms with Gasteiger partial charge in [0.05, 0.1) is 35.2 Å². The second kappa shape index (κ2) is 10.4. The summed E-state index contributed by atoms with van der Waals surface area (Å²) in [6.07, 6.45) is 2.64. The molecule has 0 unspecified atom stereocenters. The van der Waals surface area contributed by atoms with Gasteiger partial charge in [-0.15, -0.1) is 0 Å². The summed E-state index contributed by atoms with van der Waals surface area (Å²) in [7, 11) is 0. The maximum atomic E-state index is 13.1. The monoisotopic (exact) mass is 450 g/mol. The van der Waals surface area contributed by atoms with Gasteiger partial charge in [-0.05, 0) is 31.5 Å². The fourth-order valence-corrected chi connectivity index (χ4v) is 3.42. The van der Waals surface area contributed by atoms with Crippen LogP contribution in [0.15, 0.2) is 78.1 Å². The second-order valence-electron chi connectivity index (χ2n) is 6.97. The first-order chi connectivity index (χ1) is 15.9. The lowest BCUT2D eigenvalue weighted by Gasteiger charge is -2.29. The second-order valence-corrected chi connectivity index (χ2v) is 6.97. The number of esters is 2. The van der Waals surface area contributed by atoms with Gasteiger partial charge in [0.1, 0.15) is 0 Å². The van der Waals surface area contributed by atoms with Crippen molar-refractivity contribution in [2.45, 2.75) is 19.8 Å². The molecule has 0 atom stereocenters. The fourth-order valence-electron chi connectivity index (χ4n) is 3.42. The van der Waals surface area contributed by atoms with Crippen LogP contribution in [0.2, 0.25) is 0 Å². The molecule has 0 saturated heterocycles. The molecule has 1 aliphatic rings. The first kappa shape index (κ1) is 23.4. The van der Waals surface area contributed by atoms with Gasteiger partial charge in [-0.3, -0.25) is 19.8 Å². The van der Waals surface area contributed by atoms with Crippen LogP contribution in [0.3, 0.4) is 0 Å². The SMILES string of the molecule is CCOC(=O)C1=CN(C(=O)c2ccc([N+](=O)[O-])cc2)C=C(C(=O)OCC)C1c1ccccc1. The van der Waals surface area contributed by atoms with Gasteiger partial charge in [0.2, 0.25) is 0 Å². The van der Waals surface area contributed by atoms with Crippen LogP contribution in [-0.4, -0.2) is 40.9 Å². The van der Waals surface area contributed by atoms with E-state index in [1.165, 1.54) is 36.7 Å². The molecule has 9 heteroatoms. The highest BCUT2D eigenvalue weighted by molar-refractivity contribution is 6.02. The summed E-state index contributed by atoms with van der Waals surface area (Å²) in [5.41, 5.74) is 0.795. The summed E-state index contributed by atoms with van der Waals surface area (Å²) in [5, 5.41) is 10.9. The third kappa shape index (κ3) is 5.15. The molecular weight excluding hydrogens is 428 g/mol. The molecule has 1 heterocycles. The van der Waals surface area contributed by atoms with E-state index in [-0.39, 0.29) is 35.6 Å². The summed E-state index contributed by atoms with van der Waals surface area (Å²) in [4.78, 5) is 50.3. The Balaban J connectivity index is 2.10. The van der Waals surface area contributed by atoms with Crippen LogP contribution in [0.5, 0.6) is 0 Å². The number of hydrogen-bond acceptors (Lipinski definition) is 7. The molecule has 1 amide bonds. The highest BCUT2D eigenvalue weighted by Gasteiger charge is 2.36. The largest absolute Gasteiger partial charge is 0.463 e. The number of nitrogens with zero attached hydrogens (tertiary/aromatic N) is 2. The zero-order valence-electron chi connectivity index (χ0n) is 18.1. The van der Waals surface area contributed by atoms with Crippen molar-refractivity contribution >= 4 is 23.5 Å². The van der Waals surface area contributed by atoms with E-state index in [1.54, 1.807) is 44.2 Å². The van der Waals surface area contributed by atoms with Gasteiger partial charge < -0.3 is 9.47 Å². The van der Waals surface area contributed by atoms with Gasteiger partial charge in [-0.1, -0.05) is 30.3 Å². The summed E-state index contributed by atoms with van der Waals surface area (Å²) >= 11 is 0. The number of amides is 1. The van der Waals surface area contributed by atoms with Crippen molar-refractivity contribution in [3.05, 3.63) is 99.4 Å². The lowest BCUT2D eigenvalue weighted by Crippen LogP contribution is -2.32. The predicted octanol–water partition coefficient (Wildman–Crippen LogP) is 3.73. The van der Waals surface area contributed by atoms with E-state index in [1.807, 2.05) is 0 Å². The smallest absolute Gasteiger partial charge is 0.336 e. The minimum atomic E-state index is -0.801. The van der Waals surface area contributed by atoms with E-state index >= 15 is 0 Å². The van der Waals surface area contributed by atoms with E-state index in [2.05, 4.69) is 0 Å². The van der Waals surface area contributed by atoms with Crippen LogP contribution in [0.4, 0.5) is 5.69 Å². The molecule has 0 bridgehead atoms. The van der Waals surface area contributed by atoms with Crippen LogP contribution in [-0.2, 0) is 19.1 Å². The Bertz CT molecular complexity index is 1090. The third-order valence-electron chi connectivity index (χ3n) is 4.89. The Hall–Kier alpha value is -4.27. The van der Waals surface area contributed by atoms with Gasteiger partial charge in [-0.2, -0.15) is 0 Å². The van der Waals surface area contributed by atoms with Gasteiger partial charge >= 0.3 is 11.9 Å². The van der Waals surface area contributed by atoms with Crippen molar-refractivity contribution in [3.8, 4) is 0 Å². The molecule has 0 N–H and O–H groups in total. The molecule has 0 saturated carbocycles. The van der Waals surface area contributed by atoms with Crippen LogP contribution < -0.4 is 0 Å². The third-order valence-corrected chi connectivity index (χ3v) is 4.89. The fraction of sp³-hybridized carbons (Fsp3) is 0.208. The number of benzene rings is 2. The first-order valence-corrected chi connectivity index (χ1v) is 10.3. The molecule has 0 aliphatic carbocycles. The van der Waals surface area contributed by atoms with E-state index < -0.39 is 28.7 Å². The predicted molar refractivity (Wildman–Crippen MR) is 118 cm³/mol. The molecule has 2 aromatic carbocycles. The average molecular weight is 450 g/mol. The van der Waals surface area contributed by atoms with Crippen molar-refractivity contribution in [2.24, 2.45) is 0 Å².